The van der Waals surface area contributed by atoms with Gasteiger partial charge in [0.15, 0.2) is 0 Å². The van der Waals surface area contributed by atoms with Gasteiger partial charge in [-0.3, -0.25) is 0 Å². The molecule has 3 rings (SSSR count). The minimum absolute atomic E-state index is 0.536. The molecule has 2 heteroatoms. The molecule has 1 N–H and O–H groups in total. The van der Waals surface area contributed by atoms with Crippen LogP contribution in [0.25, 0.3) is 0 Å². The largest absolute Gasteiger partial charge is 0.378 e. The molecule has 0 saturated heterocycles. The van der Waals surface area contributed by atoms with Gasteiger partial charge in [-0.15, -0.1) is 0 Å². The van der Waals surface area contributed by atoms with Crippen LogP contribution in [0.1, 0.15) is 58.8 Å². The molecule has 3 atom stereocenters. The monoisotopic (exact) mass is 237 g/mol. The fraction of sp³-hybridized carbons (Fsp3) is 1.00. The average Bonchev–Trinajstić information content (AvgIpc) is 2.10. The normalized spacial score (nSPS) is 37.1. The molecule has 2 nitrogen and oxygen atoms in total. The maximum Gasteiger partial charge on any atom is 0.0661 e. The van der Waals surface area contributed by atoms with E-state index < -0.39 is 0 Å². The van der Waals surface area contributed by atoms with Gasteiger partial charge in [0.05, 0.1) is 6.10 Å². The van der Waals surface area contributed by atoms with Crippen LogP contribution in [-0.2, 0) is 4.74 Å². The Balaban J connectivity index is 1.54. The van der Waals surface area contributed by atoms with Gasteiger partial charge in [-0.25, -0.2) is 0 Å². The van der Waals surface area contributed by atoms with Crippen LogP contribution >= 0.6 is 0 Å². The van der Waals surface area contributed by atoms with Gasteiger partial charge < -0.3 is 10.1 Å². The van der Waals surface area contributed by atoms with E-state index >= 15 is 0 Å². The van der Waals surface area contributed by atoms with Gasteiger partial charge in [-0.2, -0.15) is 0 Å². The maximum atomic E-state index is 5.91. The molecule has 3 fully saturated rings. The second-order valence-corrected chi connectivity index (χ2v) is 6.47. The zero-order valence-electron chi connectivity index (χ0n) is 11.4. The van der Waals surface area contributed by atoms with Gasteiger partial charge in [-0.05, 0) is 51.9 Å². The summed E-state index contributed by atoms with van der Waals surface area (Å²) in [6.45, 7) is 5.41. The van der Waals surface area contributed by atoms with E-state index in [0.29, 0.717) is 11.5 Å². The second-order valence-electron chi connectivity index (χ2n) is 6.47. The fourth-order valence-electron chi connectivity index (χ4n) is 4.07. The van der Waals surface area contributed by atoms with Gasteiger partial charge in [0.2, 0.25) is 0 Å². The van der Waals surface area contributed by atoms with Crippen molar-refractivity contribution >= 4 is 0 Å². The van der Waals surface area contributed by atoms with Crippen molar-refractivity contribution < 1.29 is 4.74 Å². The van der Waals surface area contributed by atoms with E-state index in [1.165, 1.54) is 44.9 Å². The summed E-state index contributed by atoms with van der Waals surface area (Å²) in [5.41, 5.74) is 0.536. The summed E-state index contributed by atoms with van der Waals surface area (Å²) >= 11 is 0. The summed E-state index contributed by atoms with van der Waals surface area (Å²) in [6, 6.07) is 1.48. The highest BCUT2D eigenvalue weighted by Crippen LogP contribution is 2.57. The van der Waals surface area contributed by atoms with E-state index in [2.05, 4.69) is 19.2 Å². The molecule has 0 aromatic rings. The number of ether oxygens (including phenoxy) is 1. The molecular formula is C15H27NO. The van der Waals surface area contributed by atoms with Crippen molar-refractivity contribution in [2.24, 2.45) is 11.3 Å². The molecule has 0 radical (unpaired) electrons. The Morgan fingerprint density at radius 2 is 2.06 bits per heavy atom. The molecule has 0 aromatic carbocycles. The van der Waals surface area contributed by atoms with Crippen LogP contribution in [-0.4, -0.2) is 24.8 Å². The summed E-state index contributed by atoms with van der Waals surface area (Å²) in [5.74, 6) is 0.957. The summed E-state index contributed by atoms with van der Waals surface area (Å²) in [4.78, 5) is 0. The zero-order valence-corrected chi connectivity index (χ0v) is 11.4. The molecule has 0 heterocycles. The van der Waals surface area contributed by atoms with E-state index in [1.807, 2.05) is 0 Å². The predicted octanol–water partition coefficient (Wildman–Crippen LogP) is 3.11. The first-order chi connectivity index (χ1) is 8.26. The smallest absolute Gasteiger partial charge is 0.0661 e. The number of nitrogens with one attached hydrogen (secondary N) is 1. The van der Waals surface area contributed by atoms with Crippen LogP contribution in [0.5, 0.6) is 0 Å². The molecule has 0 amide bonds. The first kappa shape index (κ1) is 12.0. The van der Waals surface area contributed by atoms with E-state index in [0.717, 1.165) is 24.6 Å². The van der Waals surface area contributed by atoms with Crippen LogP contribution in [0.3, 0.4) is 0 Å². The lowest BCUT2D eigenvalue weighted by atomic mass is 9.50. The third-order valence-electron chi connectivity index (χ3n) is 5.76. The Bertz CT molecular complexity index is 270. The summed E-state index contributed by atoms with van der Waals surface area (Å²) in [6.07, 6.45) is 10.4. The molecule has 0 aromatic heterocycles. The molecule has 3 aliphatic carbocycles. The van der Waals surface area contributed by atoms with Crippen molar-refractivity contribution in [3.8, 4) is 0 Å². The lowest BCUT2D eigenvalue weighted by Gasteiger charge is -2.62. The van der Waals surface area contributed by atoms with Gasteiger partial charge in [0.25, 0.3) is 0 Å². The van der Waals surface area contributed by atoms with Crippen molar-refractivity contribution in [1.82, 2.24) is 5.32 Å². The van der Waals surface area contributed by atoms with E-state index in [9.17, 15) is 0 Å². The SMILES string of the molecule is CCOC1CC(NC(C)C2CCC2)C12CCC2. The minimum atomic E-state index is 0.536. The van der Waals surface area contributed by atoms with Crippen molar-refractivity contribution in [2.45, 2.75) is 77.0 Å². The van der Waals surface area contributed by atoms with Crippen LogP contribution in [0.2, 0.25) is 0 Å². The third kappa shape index (κ3) is 1.84. The Morgan fingerprint density at radius 1 is 1.29 bits per heavy atom. The highest BCUT2D eigenvalue weighted by molar-refractivity contribution is 5.12. The lowest BCUT2D eigenvalue weighted by molar-refractivity contribution is -0.175. The van der Waals surface area contributed by atoms with E-state index in [1.54, 1.807) is 0 Å². The van der Waals surface area contributed by atoms with Gasteiger partial charge in [0, 0.05) is 24.1 Å². The lowest BCUT2D eigenvalue weighted by Crippen LogP contribution is -2.68. The Hall–Kier alpha value is -0.0800. The van der Waals surface area contributed by atoms with Crippen molar-refractivity contribution in [1.29, 1.82) is 0 Å². The highest BCUT2D eigenvalue weighted by Gasteiger charge is 2.59. The van der Waals surface area contributed by atoms with Crippen LogP contribution < -0.4 is 5.32 Å². The number of hydrogen-bond acceptors (Lipinski definition) is 2. The quantitative estimate of drug-likeness (QED) is 0.793. The van der Waals surface area contributed by atoms with Crippen LogP contribution in [0.4, 0.5) is 0 Å². The average molecular weight is 237 g/mol. The number of rotatable bonds is 5. The Labute approximate surface area is 105 Å². The molecular weight excluding hydrogens is 210 g/mol. The fourth-order valence-corrected chi connectivity index (χ4v) is 4.07. The summed E-state index contributed by atoms with van der Waals surface area (Å²) in [5, 5.41) is 3.92. The van der Waals surface area contributed by atoms with E-state index in [4.69, 9.17) is 4.74 Å². The predicted molar refractivity (Wildman–Crippen MR) is 70.0 cm³/mol. The summed E-state index contributed by atoms with van der Waals surface area (Å²) < 4.78 is 5.91. The molecule has 0 bridgehead atoms. The third-order valence-corrected chi connectivity index (χ3v) is 5.76. The van der Waals surface area contributed by atoms with Gasteiger partial charge in [0.1, 0.15) is 0 Å². The summed E-state index contributed by atoms with van der Waals surface area (Å²) in [7, 11) is 0. The van der Waals surface area contributed by atoms with Gasteiger partial charge in [-0.1, -0.05) is 12.8 Å². The molecule has 17 heavy (non-hydrogen) atoms. The number of hydrogen-bond donors (Lipinski definition) is 1. The highest BCUT2D eigenvalue weighted by atomic mass is 16.5. The molecule has 98 valence electrons. The standard InChI is InChI=1S/C15H27NO/c1-3-17-14-10-13(15(14)8-5-9-15)16-11(2)12-6-4-7-12/h11-14,16H,3-10H2,1-2H3. The van der Waals surface area contributed by atoms with Gasteiger partial charge >= 0.3 is 0 Å². The molecule has 3 saturated carbocycles. The van der Waals surface area contributed by atoms with Crippen LogP contribution in [0, 0.1) is 11.3 Å². The second kappa shape index (κ2) is 4.55. The molecule has 1 spiro atoms. The molecule has 3 aliphatic rings. The van der Waals surface area contributed by atoms with E-state index in [-0.39, 0.29) is 0 Å². The topological polar surface area (TPSA) is 21.3 Å². The maximum absolute atomic E-state index is 5.91. The zero-order chi connectivity index (χ0) is 11.9. The van der Waals surface area contributed by atoms with Crippen molar-refractivity contribution in [2.75, 3.05) is 6.61 Å². The molecule has 3 unspecified atom stereocenters. The minimum Gasteiger partial charge on any atom is -0.378 e. The van der Waals surface area contributed by atoms with Crippen LogP contribution in [0.15, 0.2) is 0 Å². The Morgan fingerprint density at radius 3 is 2.53 bits per heavy atom. The Kier molecular flexibility index (Phi) is 3.20. The first-order valence-corrected chi connectivity index (χ1v) is 7.64. The first-order valence-electron chi connectivity index (χ1n) is 7.64. The molecule has 0 aliphatic heterocycles. The van der Waals surface area contributed by atoms with Crippen molar-refractivity contribution in [3.63, 3.8) is 0 Å². The van der Waals surface area contributed by atoms with Crippen molar-refractivity contribution in [3.05, 3.63) is 0 Å².